The number of nitrogens with zero attached hydrogens (tertiary/aromatic N) is 3. The smallest absolute Gasteiger partial charge is 0.434 e. The van der Waals surface area contributed by atoms with E-state index in [1.165, 1.54) is 42.7 Å². The Morgan fingerprint density at radius 1 is 0.930 bits per heavy atom. The summed E-state index contributed by atoms with van der Waals surface area (Å²) in [5, 5.41) is 0. The maximum atomic E-state index is 14.7. The molecular formula is C29H21F6N3O4S. The van der Waals surface area contributed by atoms with Crippen LogP contribution in [0, 0.1) is 19.7 Å². The summed E-state index contributed by atoms with van der Waals surface area (Å²) >= 11 is 0. The largest absolute Gasteiger partial charge is 0.440 e. The summed E-state index contributed by atoms with van der Waals surface area (Å²) in [7, 11) is -3.56. The summed E-state index contributed by atoms with van der Waals surface area (Å²) in [4.78, 5) is 8.13. The molecular weight excluding hydrogens is 600 g/mol. The molecule has 7 nitrogen and oxygen atoms in total. The Morgan fingerprint density at radius 3 is 2.26 bits per heavy atom. The predicted molar refractivity (Wildman–Crippen MR) is 144 cm³/mol. The van der Waals surface area contributed by atoms with E-state index < -0.39 is 39.9 Å². The fraction of sp³-hybridized carbons (Fsp3) is 0.172. The standard InChI is InChI=1S/C29H21F6N3O4S/c1-15-36-25(29(33,34)35)14-38(15)23-9-7-18(17-5-4-6-20(11-17)43(3,39)40)12-21(23)26-27(41-16(2)37-26)19-8-10-24(22(30)13-19)42-28(31)32/h4-14,28H,1-3H3. The highest BCUT2D eigenvalue weighted by Gasteiger charge is 2.35. The Bertz CT molecular complexity index is 1950. The van der Waals surface area contributed by atoms with Gasteiger partial charge >= 0.3 is 12.8 Å². The Hall–Kier alpha value is -4.59. The molecule has 0 unspecified atom stereocenters. The topological polar surface area (TPSA) is 87.2 Å². The molecule has 2 heterocycles. The molecule has 0 fully saturated rings. The van der Waals surface area contributed by atoms with Gasteiger partial charge in [-0.2, -0.15) is 22.0 Å². The van der Waals surface area contributed by atoms with Gasteiger partial charge in [-0.05, 0) is 60.5 Å². The van der Waals surface area contributed by atoms with Gasteiger partial charge in [0.15, 0.2) is 38.7 Å². The van der Waals surface area contributed by atoms with Gasteiger partial charge < -0.3 is 13.7 Å². The number of benzene rings is 3. The van der Waals surface area contributed by atoms with Crippen LogP contribution in [0.1, 0.15) is 17.4 Å². The molecule has 0 spiro atoms. The number of oxazole rings is 1. The summed E-state index contributed by atoms with van der Waals surface area (Å²) in [6.07, 6.45) is -2.85. The molecule has 14 heteroatoms. The minimum atomic E-state index is -4.72. The molecule has 0 N–H and O–H groups in total. The van der Waals surface area contributed by atoms with Gasteiger partial charge in [-0.25, -0.2) is 22.8 Å². The van der Waals surface area contributed by atoms with Crippen molar-refractivity contribution in [2.45, 2.75) is 31.5 Å². The lowest BCUT2D eigenvalue weighted by molar-refractivity contribution is -0.141. The van der Waals surface area contributed by atoms with Gasteiger partial charge in [-0.3, -0.25) is 0 Å². The molecule has 5 aromatic rings. The molecule has 224 valence electrons. The number of alkyl halides is 5. The van der Waals surface area contributed by atoms with E-state index in [0.29, 0.717) is 11.1 Å². The number of hydrogen-bond donors (Lipinski definition) is 0. The van der Waals surface area contributed by atoms with E-state index in [4.69, 9.17) is 4.42 Å². The zero-order valence-electron chi connectivity index (χ0n) is 22.6. The number of imidazole rings is 1. The van der Waals surface area contributed by atoms with Crippen molar-refractivity contribution in [3.63, 3.8) is 0 Å². The molecule has 0 atom stereocenters. The van der Waals surface area contributed by atoms with Gasteiger partial charge in [0.2, 0.25) is 0 Å². The lowest BCUT2D eigenvalue weighted by Crippen LogP contribution is -2.05. The van der Waals surface area contributed by atoms with Gasteiger partial charge in [0.1, 0.15) is 11.5 Å². The van der Waals surface area contributed by atoms with Gasteiger partial charge in [0.25, 0.3) is 0 Å². The van der Waals surface area contributed by atoms with Crippen molar-refractivity contribution in [3.05, 3.63) is 90.1 Å². The van der Waals surface area contributed by atoms with Crippen molar-refractivity contribution >= 4 is 9.84 Å². The van der Waals surface area contributed by atoms with Crippen molar-refractivity contribution in [2.75, 3.05) is 6.26 Å². The summed E-state index contributed by atoms with van der Waals surface area (Å²) in [6.45, 7) is -0.370. The molecule has 0 amide bonds. The summed E-state index contributed by atoms with van der Waals surface area (Å²) < 4.78 is 116. The van der Waals surface area contributed by atoms with Gasteiger partial charge in [0, 0.05) is 30.5 Å². The summed E-state index contributed by atoms with van der Waals surface area (Å²) in [6, 6.07) is 13.9. The Labute approximate surface area is 241 Å². The second kappa shape index (κ2) is 10.9. The van der Waals surface area contributed by atoms with Crippen LogP contribution in [-0.4, -0.2) is 35.8 Å². The number of hydrogen-bond acceptors (Lipinski definition) is 6. The fourth-order valence-corrected chi connectivity index (χ4v) is 5.18. The van der Waals surface area contributed by atoms with E-state index >= 15 is 0 Å². The zero-order valence-corrected chi connectivity index (χ0v) is 23.4. The first kappa shape index (κ1) is 29.9. The number of ether oxygens (including phenoxy) is 1. The van der Waals surface area contributed by atoms with Crippen molar-refractivity contribution in [3.8, 4) is 45.1 Å². The normalized spacial score (nSPS) is 12.2. The predicted octanol–water partition coefficient (Wildman–Crippen LogP) is 7.64. The second-order valence-electron chi connectivity index (χ2n) is 9.51. The van der Waals surface area contributed by atoms with E-state index in [1.807, 2.05) is 0 Å². The Morgan fingerprint density at radius 2 is 1.63 bits per heavy atom. The van der Waals surface area contributed by atoms with Crippen LogP contribution in [0.25, 0.3) is 39.4 Å². The van der Waals surface area contributed by atoms with Crippen molar-refractivity contribution in [2.24, 2.45) is 0 Å². The lowest BCUT2D eigenvalue weighted by Gasteiger charge is -2.14. The monoisotopic (exact) mass is 621 g/mol. The third kappa shape index (κ3) is 6.14. The first-order valence-electron chi connectivity index (χ1n) is 12.4. The number of aryl methyl sites for hydroxylation is 2. The van der Waals surface area contributed by atoms with E-state index in [1.54, 1.807) is 24.3 Å². The van der Waals surface area contributed by atoms with Crippen LogP contribution < -0.4 is 4.74 Å². The summed E-state index contributed by atoms with van der Waals surface area (Å²) in [5.74, 6) is -1.69. The third-order valence-corrected chi connectivity index (χ3v) is 7.53. The molecule has 43 heavy (non-hydrogen) atoms. The molecule has 0 aliphatic heterocycles. The highest BCUT2D eigenvalue weighted by Crippen LogP contribution is 2.40. The third-order valence-electron chi connectivity index (χ3n) is 6.42. The number of halogens is 6. The van der Waals surface area contributed by atoms with Crippen LogP contribution in [0.15, 0.2) is 76.2 Å². The highest BCUT2D eigenvalue weighted by molar-refractivity contribution is 7.90. The van der Waals surface area contributed by atoms with Gasteiger partial charge in [-0.15, -0.1) is 0 Å². The molecule has 0 aliphatic carbocycles. The quantitative estimate of drug-likeness (QED) is 0.174. The SMILES string of the molecule is Cc1nc(-c2cc(-c3cccc(S(C)(=O)=O)c3)ccc2-n2cc(C(F)(F)F)nc2C)c(-c2ccc(OC(F)F)c(F)c2)o1. The second-order valence-corrected chi connectivity index (χ2v) is 11.5. The van der Waals surface area contributed by atoms with Crippen LogP contribution in [0.4, 0.5) is 26.3 Å². The molecule has 0 radical (unpaired) electrons. The van der Waals surface area contributed by atoms with Crippen molar-refractivity contribution < 1.29 is 43.9 Å². The molecule has 0 saturated heterocycles. The fourth-order valence-electron chi connectivity index (χ4n) is 4.51. The molecule has 3 aromatic carbocycles. The molecule has 2 aromatic heterocycles. The highest BCUT2D eigenvalue weighted by atomic mass is 32.2. The molecule has 0 bridgehead atoms. The van der Waals surface area contributed by atoms with Crippen molar-refractivity contribution in [1.82, 2.24) is 14.5 Å². The van der Waals surface area contributed by atoms with Crippen LogP contribution >= 0.6 is 0 Å². The zero-order chi connectivity index (χ0) is 31.3. The summed E-state index contributed by atoms with van der Waals surface area (Å²) in [5.41, 5.74) is 0.453. The van der Waals surface area contributed by atoms with Gasteiger partial charge in [-0.1, -0.05) is 18.2 Å². The van der Waals surface area contributed by atoms with E-state index in [9.17, 15) is 34.8 Å². The average Bonchev–Trinajstić information content (AvgIpc) is 3.51. The van der Waals surface area contributed by atoms with Gasteiger partial charge in [0.05, 0.1) is 10.6 Å². The number of aromatic nitrogens is 3. The minimum absolute atomic E-state index is 0.00158. The van der Waals surface area contributed by atoms with Crippen LogP contribution in [-0.2, 0) is 16.0 Å². The first-order valence-corrected chi connectivity index (χ1v) is 14.3. The van der Waals surface area contributed by atoms with Crippen LogP contribution in [0.2, 0.25) is 0 Å². The van der Waals surface area contributed by atoms with Crippen LogP contribution in [0.3, 0.4) is 0 Å². The first-order chi connectivity index (χ1) is 20.1. The maximum Gasteiger partial charge on any atom is 0.434 e. The van der Waals surface area contributed by atoms with Crippen molar-refractivity contribution in [1.29, 1.82) is 0 Å². The number of sulfone groups is 1. The molecule has 0 aliphatic rings. The van der Waals surface area contributed by atoms with Crippen LogP contribution in [0.5, 0.6) is 5.75 Å². The Balaban J connectivity index is 1.75. The molecule has 5 rings (SSSR count). The number of rotatable bonds is 7. The Kier molecular flexibility index (Phi) is 7.59. The van der Waals surface area contributed by atoms with E-state index in [0.717, 1.165) is 24.6 Å². The van der Waals surface area contributed by atoms with E-state index in [2.05, 4.69) is 14.7 Å². The molecule has 0 saturated carbocycles. The van der Waals surface area contributed by atoms with E-state index in [-0.39, 0.29) is 44.9 Å². The maximum absolute atomic E-state index is 14.7. The minimum Gasteiger partial charge on any atom is -0.440 e. The lowest BCUT2D eigenvalue weighted by atomic mass is 9.98. The average molecular weight is 622 g/mol.